The van der Waals surface area contributed by atoms with E-state index in [0.29, 0.717) is 6.54 Å². The highest BCUT2D eigenvalue weighted by Crippen LogP contribution is 2.32. The summed E-state index contributed by atoms with van der Waals surface area (Å²) in [5.74, 6) is 0.0465. The molecule has 0 aromatic heterocycles. The van der Waals surface area contributed by atoms with Gasteiger partial charge in [-0.25, -0.2) is 0 Å². The van der Waals surface area contributed by atoms with Gasteiger partial charge in [-0.2, -0.15) is 0 Å². The number of rotatable bonds is 4. The van der Waals surface area contributed by atoms with E-state index in [2.05, 4.69) is 40.7 Å². The summed E-state index contributed by atoms with van der Waals surface area (Å²) in [6.45, 7) is 4.32. The van der Waals surface area contributed by atoms with E-state index in [0.717, 1.165) is 25.2 Å². The molecule has 0 saturated heterocycles. The van der Waals surface area contributed by atoms with Gasteiger partial charge in [0.1, 0.15) is 0 Å². The summed E-state index contributed by atoms with van der Waals surface area (Å²) < 4.78 is 0. The highest BCUT2D eigenvalue weighted by molar-refractivity contribution is 5.84. The van der Waals surface area contributed by atoms with Crippen LogP contribution >= 0.6 is 0 Å². The molecule has 0 saturated carbocycles. The van der Waals surface area contributed by atoms with E-state index in [1.54, 1.807) is 7.05 Å². The largest absolute Gasteiger partial charge is 0.383 e. The van der Waals surface area contributed by atoms with Crippen molar-refractivity contribution < 1.29 is 4.79 Å². The Hall–Kier alpha value is -1.71. The molecule has 98 valence electrons. The molecule has 4 nitrogen and oxygen atoms in total. The molecule has 2 rings (SSSR count). The fourth-order valence-corrected chi connectivity index (χ4v) is 2.37. The van der Waals surface area contributed by atoms with E-state index in [9.17, 15) is 4.79 Å². The van der Waals surface area contributed by atoms with E-state index < -0.39 is 0 Å². The van der Waals surface area contributed by atoms with Gasteiger partial charge in [0.15, 0.2) is 0 Å². The minimum Gasteiger partial charge on any atom is -0.383 e. The standard InChI is InChI=1S/C14H21N3O/c1-3-17(10-13(18)15-2)12-8-4-6-11-7-5-9-16-14(11)12/h4,6,8,16H,3,5,7,9-10H2,1-2H3,(H,15,18). The predicted molar refractivity (Wildman–Crippen MR) is 75.2 cm³/mol. The molecule has 1 heterocycles. The molecule has 2 N–H and O–H groups in total. The van der Waals surface area contributed by atoms with Crippen molar-refractivity contribution in [1.82, 2.24) is 5.32 Å². The van der Waals surface area contributed by atoms with Gasteiger partial charge in [0.05, 0.1) is 17.9 Å². The van der Waals surface area contributed by atoms with Gasteiger partial charge in [-0.15, -0.1) is 0 Å². The van der Waals surface area contributed by atoms with Gasteiger partial charge in [0.25, 0.3) is 0 Å². The normalized spacial score (nSPS) is 13.4. The van der Waals surface area contributed by atoms with Crippen LogP contribution in [0.15, 0.2) is 18.2 Å². The molecule has 0 fully saturated rings. The molecule has 1 aromatic rings. The second kappa shape index (κ2) is 5.76. The van der Waals surface area contributed by atoms with Crippen LogP contribution in [0.4, 0.5) is 11.4 Å². The molecule has 0 bridgehead atoms. The Balaban J connectivity index is 2.27. The maximum absolute atomic E-state index is 11.5. The van der Waals surface area contributed by atoms with Gasteiger partial charge >= 0.3 is 0 Å². The molecule has 0 spiro atoms. The number of nitrogens with one attached hydrogen (secondary N) is 2. The second-order valence-electron chi connectivity index (χ2n) is 4.53. The van der Waals surface area contributed by atoms with Crippen molar-refractivity contribution in [3.63, 3.8) is 0 Å². The van der Waals surface area contributed by atoms with Crippen LogP contribution in [-0.2, 0) is 11.2 Å². The molecule has 0 radical (unpaired) electrons. The third kappa shape index (κ3) is 2.58. The number of amides is 1. The number of hydrogen-bond acceptors (Lipinski definition) is 3. The van der Waals surface area contributed by atoms with Crippen molar-refractivity contribution in [2.24, 2.45) is 0 Å². The average Bonchev–Trinajstić information content (AvgIpc) is 2.44. The van der Waals surface area contributed by atoms with Crippen molar-refractivity contribution in [1.29, 1.82) is 0 Å². The van der Waals surface area contributed by atoms with Crippen LogP contribution in [0, 0.1) is 0 Å². The highest BCUT2D eigenvalue weighted by atomic mass is 16.1. The molecule has 1 aromatic carbocycles. The first-order valence-corrected chi connectivity index (χ1v) is 6.57. The Morgan fingerprint density at radius 2 is 2.33 bits per heavy atom. The van der Waals surface area contributed by atoms with Crippen molar-refractivity contribution in [2.45, 2.75) is 19.8 Å². The van der Waals surface area contributed by atoms with Gasteiger partial charge in [0, 0.05) is 20.1 Å². The summed E-state index contributed by atoms with van der Waals surface area (Å²) in [6.07, 6.45) is 2.30. The molecule has 1 aliphatic heterocycles. The van der Waals surface area contributed by atoms with E-state index in [1.807, 2.05) is 0 Å². The summed E-state index contributed by atoms with van der Waals surface area (Å²) in [5.41, 5.74) is 3.70. The van der Waals surface area contributed by atoms with Crippen LogP contribution in [0.5, 0.6) is 0 Å². The number of para-hydroxylation sites is 1. The zero-order valence-electron chi connectivity index (χ0n) is 11.1. The lowest BCUT2D eigenvalue weighted by Gasteiger charge is -2.28. The summed E-state index contributed by atoms with van der Waals surface area (Å²) >= 11 is 0. The van der Waals surface area contributed by atoms with E-state index in [1.165, 1.54) is 17.7 Å². The number of carbonyl (C=O) groups excluding carboxylic acids is 1. The molecule has 0 aliphatic carbocycles. The first kappa shape index (κ1) is 12.7. The Kier molecular flexibility index (Phi) is 4.07. The maximum Gasteiger partial charge on any atom is 0.239 e. The lowest BCUT2D eigenvalue weighted by atomic mass is 10.0. The fraction of sp³-hybridized carbons (Fsp3) is 0.500. The lowest BCUT2D eigenvalue weighted by Crippen LogP contribution is -2.36. The highest BCUT2D eigenvalue weighted by Gasteiger charge is 2.17. The molecule has 18 heavy (non-hydrogen) atoms. The third-order valence-corrected chi connectivity index (χ3v) is 3.39. The zero-order chi connectivity index (χ0) is 13.0. The minimum absolute atomic E-state index is 0.0465. The van der Waals surface area contributed by atoms with Crippen molar-refractivity contribution in [2.75, 3.05) is 36.9 Å². The number of carbonyl (C=O) groups is 1. The van der Waals surface area contributed by atoms with Crippen molar-refractivity contribution in [3.05, 3.63) is 23.8 Å². The molecule has 1 amide bonds. The lowest BCUT2D eigenvalue weighted by molar-refractivity contribution is -0.119. The van der Waals surface area contributed by atoms with Crippen molar-refractivity contribution >= 4 is 17.3 Å². The topological polar surface area (TPSA) is 44.4 Å². The monoisotopic (exact) mass is 247 g/mol. The molecule has 0 atom stereocenters. The number of aryl methyl sites for hydroxylation is 1. The summed E-state index contributed by atoms with van der Waals surface area (Å²) in [5, 5.41) is 6.14. The Morgan fingerprint density at radius 1 is 1.50 bits per heavy atom. The van der Waals surface area contributed by atoms with Crippen molar-refractivity contribution in [3.8, 4) is 0 Å². The van der Waals surface area contributed by atoms with Gasteiger partial charge in [-0.05, 0) is 31.4 Å². The number of fused-ring (bicyclic) bond motifs is 1. The number of likely N-dealkylation sites (N-methyl/N-ethyl adjacent to an activating group) is 2. The van der Waals surface area contributed by atoms with Crippen LogP contribution in [0.1, 0.15) is 18.9 Å². The summed E-state index contributed by atoms with van der Waals surface area (Å²) in [4.78, 5) is 13.7. The SMILES string of the molecule is CCN(CC(=O)NC)c1cccc2c1NCCC2. The zero-order valence-corrected chi connectivity index (χ0v) is 11.1. The smallest absolute Gasteiger partial charge is 0.239 e. The van der Waals surface area contributed by atoms with Gasteiger partial charge in [0.2, 0.25) is 5.91 Å². The molecule has 0 unspecified atom stereocenters. The van der Waals surface area contributed by atoms with Crippen LogP contribution in [0.3, 0.4) is 0 Å². The third-order valence-electron chi connectivity index (χ3n) is 3.39. The quantitative estimate of drug-likeness (QED) is 0.849. The predicted octanol–water partition coefficient (Wildman–Crippen LogP) is 1.62. The first-order chi connectivity index (χ1) is 8.76. The van der Waals surface area contributed by atoms with Gasteiger partial charge in [-0.3, -0.25) is 4.79 Å². The first-order valence-electron chi connectivity index (χ1n) is 6.57. The minimum atomic E-state index is 0.0465. The number of benzene rings is 1. The number of anilines is 2. The second-order valence-corrected chi connectivity index (χ2v) is 4.53. The van der Waals surface area contributed by atoms with Gasteiger partial charge < -0.3 is 15.5 Å². The fourth-order valence-electron chi connectivity index (χ4n) is 2.37. The number of nitrogens with zero attached hydrogens (tertiary/aromatic N) is 1. The molecular formula is C14H21N3O. The molecule has 1 aliphatic rings. The summed E-state index contributed by atoms with van der Waals surface area (Å²) in [6, 6.07) is 6.33. The molecular weight excluding hydrogens is 226 g/mol. The maximum atomic E-state index is 11.5. The van der Waals surface area contributed by atoms with Crippen LogP contribution in [0.2, 0.25) is 0 Å². The van der Waals surface area contributed by atoms with E-state index in [-0.39, 0.29) is 5.91 Å². The number of hydrogen-bond donors (Lipinski definition) is 2. The Labute approximate surface area is 108 Å². The van der Waals surface area contributed by atoms with Gasteiger partial charge in [-0.1, -0.05) is 12.1 Å². The van der Waals surface area contributed by atoms with Crippen LogP contribution in [0.25, 0.3) is 0 Å². The average molecular weight is 247 g/mol. The summed E-state index contributed by atoms with van der Waals surface area (Å²) in [7, 11) is 1.68. The van der Waals surface area contributed by atoms with E-state index in [4.69, 9.17) is 0 Å². The van der Waals surface area contributed by atoms with Crippen LogP contribution < -0.4 is 15.5 Å². The van der Waals surface area contributed by atoms with E-state index >= 15 is 0 Å². The Bertz CT molecular complexity index is 431. The van der Waals surface area contributed by atoms with Crippen LogP contribution in [-0.4, -0.2) is 32.6 Å². The Morgan fingerprint density at radius 3 is 3.06 bits per heavy atom. The molecule has 4 heteroatoms.